The van der Waals surface area contributed by atoms with E-state index in [1.165, 1.54) is 12.0 Å². The molecule has 0 N–H and O–H groups in total. The first kappa shape index (κ1) is 21.1. The van der Waals surface area contributed by atoms with E-state index in [1.54, 1.807) is 24.3 Å². The second-order valence-electron chi connectivity index (χ2n) is 6.12. The van der Waals surface area contributed by atoms with Crippen molar-refractivity contribution in [1.29, 1.82) is 0 Å². The van der Waals surface area contributed by atoms with Gasteiger partial charge in [-0.2, -0.15) is 0 Å². The van der Waals surface area contributed by atoms with Gasteiger partial charge in [0.25, 0.3) is 11.1 Å². The summed E-state index contributed by atoms with van der Waals surface area (Å²) < 4.78 is 10.5. The highest BCUT2D eigenvalue weighted by molar-refractivity contribution is 9.10. The Morgan fingerprint density at radius 2 is 1.93 bits per heavy atom. The van der Waals surface area contributed by atoms with Crippen LogP contribution in [0.2, 0.25) is 0 Å². The maximum atomic E-state index is 12.6. The van der Waals surface area contributed by atoms with Crippen LogP contribution in [0.1, 0.15) is 11.1 Å². The van der Waals surface area contributed by atoms with E-state index >= 15 is 0 Å². The number of imide groups is 1. The minimum Gasteiger partial charge on any atom is -0.481 e. The summed E-state index contributed by atoms with van der Waals surface area (Å²) in [5.41, 5.74) is 1.80. The van der Waals surface area contributed by atoms with Gasteiger partial charge in [-0.15, -0.1) is 0 Å². The lowest BCUT2D eigenvalue weighted by Crippen LogP contribution is -2.30. The SMILES string of the molecule is COC(=O)COc1ccc(/C=C2/SC(=O)N(CCc3ccccc3)C2=O)cc1Br. The minimum absolute atomic E-state index is 0.200. The van der Waals surface area contributed by atoms with Crippen LogP contribution in [0, 0.1) is 0 Å². The third-order valence-electron chi connectivity index (χ3n) is 4.17. The van der Waals surface area contributed by atoms with Crippen molar-refractivity contribution >= 4 is 50.9 Å². The molecule has 6 nitrogen and oxygen atoms in total. The molecule has 1 aliphatic heterocycles. The van der Waals surface area contributed by atoms with Crippen molar-refractivity contribution in [2.75, 3.05) is 20.3 Å². The molecule has 0 bridgehead atoms. The first-order valence-corrected chi connectivity index (χ1v) is 10.4. The number of hydrogen-bond acceptors (Lipinski definition) is 6. The normalized spacial score (nSPS) is 15.1. The number of hydrogen-bond donors (Lipinski definition) is 0. The van der Waals surface area contributed by atoms with Crippen LogP contribution < -0.4 is 4.74 Å². The van der Waals surface area contributed by atoms with Crippen molar-refractivity contribution in [3.8, 4) is 5.75 Å². The number of amides is 2. The molecule has 150 valence electrons. The van der Waals surface area contributed by atoms with Crippen molar-refractivity contribution in [2.45, 2.75) is 6.42 Å². The van der Waals surface area contributed by atoms with E-state index < -0.39 is 5.97 Å². The van der Waals surface area contributed by atoms with Crippen molar-refractivity contribution < 1.29 is 23.9 Å². The molecule has 0 saturated carbocycles. The van der Waals surface area contributed by atoms with E-state index in [0.29, 0.717) is 28.1 Å². The number of nitrogens with zero attached hydrogens (tertiary/aromatic N) is 1. The smallest absolute Gasteiger partial charge is 0.343 e. The van der Waals surface area contributed by atoms with Gasteiger partial charge in [0, 0.05) is 6.54 Å². The van der Waals surface area contributed by atoms with E-state index in [-0.39, 0.29) is 17.8 Å². The summed E-state index contributed by atoms with van der Waals surface area (Å²) in [4.78, 5) is 37.7. The number of rotatable bonds is 7. The molecule has 3 rings (SSSR count). The van der Waals surface area contributed by atoms with Crippen LogP contribution in [0.4, 0.5) is 4.79 Å². The highest BCUT2D eigenvalue weighted by atomic mass is 79.9. The molecule has 0 aliphatic carbocycles. The Balaban J connectivity index is 1.67. The highest BCUT2D eigenvalue weighted by Gasteiger charge is 2.34. The van der Waals surface area contributed by atoms with E-state index in [1.807, 2.05) is 30.3 Å². The Morgan fingerprint density at radius 1 is 1.17 bits per heavy atom. The number of carbonyl (C=O) groups excluding carboxylic acids is 3. The lowest BCUT2D eigenvalue weighted by atomic mass is 10.1. The zero-order valence-electron chi connectivity index (χ0n) is 15.6. The molecular formula is C21H18BrNO5S. The highest BCUT2D eigenvalue weighted by Crippen LogP contribution is 2.34. The molecule has 29 heavy (non-hydrogen) atoms. The maximum Gasteiger partial charge on any atom is 0.343 e. The summed E-state index contributed by atoms with van der Waals surface area (Å²) in [5, 5.41) is -0.269. The van der Waals surface area contributed by atoms with Crippen molar-refractivity contribution in [3.05, 3.63) is 69.0 Å². The fraction of sp³-hybridized carbons (Fsp3) is 0.190. The lowest BCUT2D eigenvalue weighted by Gasteiger charge is -2.12. The van der Waals surface area contributed by atoms with Crippen LogP contribution in [-0.4, -0.2) is 42.3 Å². The van der Waals surface area contributed by atoms with E-state index in [9.17, 15) is 14.4 Å². The van der Waals surface area contributed by atoms with Gasteiger partial charge >= 0.3 is 5.97 Å². The zero-order valence-corrected chi connectivity index (χ0v) is 18.0. The standard InChI is InChI=1S/C21H18BrNO5S/c1-27-19(24)13-28-17-8-7-15(11-16(17)22)12-18-20(25)23(21(26)29-18)10-9-14-5-3-2-4-6-14/h2-8,11-12H,9-10,13H2,1H3/b18-12+. The van der Waals surface area contributed by atoms with Gasteiger partial charge in [0.2, 0.25) is 0 Å². The molecule has 8 heteroatoms. The van der Waals surface area contributed by atoms with Crippen LogP contribution in [0.3, 0.4) is 0 Å². The van der Waals surface area contributed by atoms with Gasteiger partial charge in [0.15, 0.2) is 6.61 Å². The molecular weight excluding hydrogens is 458 g/mol. The Hall–Kier alpha value is -2.58. The fourth-order valence-corrected chi connectivity index (χ4v) is 4.03. The number of esters is 1. The summed E-state index contributed by atoms with van der Waals surface area (Å²) in [6.45, 7) is 0.144. The molecule has 1 heterocycles. The van der Waals surface area contributed by atoms with Gasteiger partial charge in [-0.25, -0.2) is 4.79 Å². The van der Waals surface area contributed by atoms with Crippen LogP contribution in [0.5, 0.6) is 5.75 Å². The zero-order chi connectivity index (χ0) is 20.8. The third kappa shape index (κ3) is 5.48. The first-order valence-electron chi connectivity index (χ1n) is 8.76. The molecule has 0 radical (unpaired) electrons. The van der Waals surface area contributed by atoms with Gasteiger partial charge in [-0.1, -0.05) is 36.4 Å². The summed E-state index contributed by atoms with van der Waals surface area (Å²) in [6.07, 6.45) is 2.28. The Kier molecular flexibility index (Phi) is 7.11. The maximum absolute atomic E-state index is 12.6. The summed E-state index contributed by atoms with van der Waals surface area (Å²) in [6, 6.07) is 14.9. The molecule has 1 aliphatic rings. The number of carbonyl (C=O) groups is 3. The first-order chi connectivity index (χ1) is 14.0. The monoisotopic (exact) mass is 475 g/mol. The van der Waals surface area contributed by atoms with Crippen LogP contribution in [0.25, 0.3) is 6.08 Å². The van der Waals surface area contributed by atoms with Gasteiger partial charge in [0.1, 0.15) is 5.75 Å². The van der Waals surface area contributed by atoms with Gasteiger partial charge in [-0.05, 0) is 63.4 Å². The molecule has 1 fully saturated rings. The van der Waals surface area contributed by atoms with E-state index in [2.05, 4.69) is 20.7 Å². The molecule has 2 aromatic carbocycles. The molecule has 0 spiro atoms. The fourth-order valence-electron chi connectivity index (χ4n) is 2.65. The second-order valence-corrected chi connectivity index (χ2v) is 7.97. The van der Waals surface area contributed by atoms with E-state index in [0.717, 1.165) is 22.9 Å². The van der Waals surface area contributed by atoms with Crippen molar-refractivity contribution in [3.63, 3.8) is 0 Å². The number of ether oxygens (including phenoxy) is 2. The molecule has 2 aromatic rings. The summed E-state index contributed by atoms with van der Waals surface area (Å²) in [5.74, 6) is -0.299. The Morgan fingerprint density at radius 3 is 2.62 bits per heavy atom. The number of thioether (sulfide) groups is 1. The Bertz CT molecular complexity index is 961. The van der Waals surface area contributed by atoms with Crippen LogP contribution in [-0.2, 0) is 20.7 Å². The van der Waals surface area contributed by atoms with Crippen molar-refractivity contribution in [1.82, 2.24) is 4.90 Å². The minimum atomic E-state index is -0.481. The molecule has 0 unspecified atom stereocenters. The number of halogens is 1. The molecule has 2 amide bonds. The predicted molar refractivity (Wildman–Crippen MR) is 114 cm³/mol. The largest absolute Gasteiger partial charge is 0.481 e. The number of methoxy groups -OCH3 is 1. The topological polar surface area (TPSA) is 72.9 Å². The van der Waals surface area contributed by atoms with Crippen LogP contribution in [0.15, 0.2) is 57.9 Å². The van der Waals surface area contributed by atoms with Crippen molar-refractivity contribution in [2.24, 2.45) is 0 Å². The second kappa shape index (κ2) is 9.76. The Labute approximate surface area is 181 Å². The predicted octanol–water partition coefficient (Wildman–Crippen LogP) is 4.28. The quantitative estimate of drug-likeness (QED) is 0.439. The summed E-state index contributed by atoms with van der Waals surface area (Å²) >= 11 is 4.31. The molecule has 0 atom stereocenters. The number of benzene rings is 2. The molecule has 1 saturated heterocycles. The van der Waals surface area contributed by atoms with E-state index in [4.69, 9.17) is 4.74 Å². The van der Waals surface area contributed by atoms with Gasteiger partial charge in [-0.3, -0.25) is 14.5 Å². The van der Waals surface area contributed by atoms with Gasteiger partial charge < -0.3 is 9.47 Å². The average Bonchev–Trinajstić information content (AvgIpc) is 2.99. The molecule has 0 aromatic heterocycles. The van der Waals surface area contributed by atoms with Crippen LogP contribution >= 0.6 is 27.7 Å². The lowest BCUT2D eigenvalue weighted by molar-refractivity contribution is -0.142. The average molecular weight is 476 g/mol. The third-order valence-corrected chi connectivity index (χ3v) is 5.69. The summed E-state index contributed by atoms with van der Waals surface area (Å²) in [7, 11) is 1.29. The van der Waals surface area contributed by atoms with Gasteiger partial charge in [0.05, 0.1) is 16.5 Å².